The second-order valence-electron chi connectivity index (χ2n) is 6.62. The molecule has 0 unspecified atom stereocenters. The molecule has 1 saturated carbocycles. The Morgan fingerprint density at radius 2 is 1.88 bits per heavy atom. The van der Waals surface area contributed by atoms with Gasteiger partial charge in [-0.05, 0) is 61.7 Å². The van der Waals surface area contributed by atoms with E-state index in [4.69, 9.17) is 26.2 Å². The lowest BCUT2D eigenvalue weighted by molar-refractivity contribution is -0.138. The first-order valence-electron chi connectivity index (χ1n) is 8.35. The van der Waals surface area contributed by atoms with Crippen LogP contribution in [0.2, 0.25) is 5.02 Å². The van der Waals surface area contributed by atoms with Gasteiger partial charge in [-0.15, -0.1) is 0 Å². The van der Waals surface area contributed by atoms with Crippen molar-refractivity contribution in [1.82, 2.24) is 0 Å². The van der Waals surface area contributed by atoms with E-state index in [0.29, 0.717) is 18.1 Å². The van der Waals surface area contributed by atoms with E-state index in [9.17, 15) is 4.79 Å². The quantitative estimate of drug-likeness (QED) is 0.763. The van der Waals surface area contributed by atoms with E-state index in [0.717, 1.165) is 22.6 Å². The lowest BCUT2D eigenvalue weighted by Gasteiger charge is -2.12. The Hall–Kier alpha value is -2.20. The molecular formula is C20H21ClO4. The number of halogens is 1. The van der Waals surface area contributed by atoms with Crippen molar-refractivity contribution in [3.05, 3.63) is 47.5 Å². The first-order chi connectivity index (χ1) is 11.9. The average molecular weight is 361 g/mol. The van der Waals surface area contributed by atoms with E-state index in [1.807, 2.05) is 50.2 Å². The maximum absolute atomic E-state index is 10.8. The van der Waals surface area contributed by atoms with Crippen molar-refractivity contribution >= 4 is 17.6 Å². The highest BCUT2D eigenvalue weighted by Crippen LogP contribution is 2.39. The smallest absolute Gasteiger partial charge is 0.306 e. The Labute approximate surface area is 152 Å². The number of carboxylic acid groups (broad SMARTS) is 1. The van der Waals surface area contributed by atoms with E-state index in [2.05, 4.69) is 0 Å². The van der Waals surface area contributed by atoms with Gasteiger partial charge in [0.15, 0.2) is 0 Å². The molecule has 0 aromatic heterocycles. The molecule has 2 aromatic rings. The van der Waals surface area contributed by atoms with Crippen LogP contribution in [0, 0.1) is 11.8 Å². The van der Waals surface area contributed by atoms with Gasteiger partial charge >= 0.3 is 5.97 Å². The minimum absolute atomic E-state index is 0.0825. The van der Waals surface area contributed by atoms with Gasteiger partial charge in [0.25, 0.3) is 0 Å². The number of aliphatic carboxylic acids is 1. The second-order valence-corrected chi connectivity index (χ2v) is 7.05. The third-order valence-electron chi connectivity index (χ3n) is 4.13. The summed E-state index contributed by atoms with van der Waals surface area (Å²) in [6, 6.07) is 13.4. The monoisotopic (exact) mass is 360 g/mol. The predicted octanol–water partition coefficient (Wildman–Crippen LogP) is 4.89. The van der Waals surface area contributed by atoms with Crippen molar-refractivity contribution in [1.29, 1.82) is 0 Å². The molecule has 1 aliphatic carbocycles. The maximum atomic E-state index is 10.8. The molecule has 2 aromatic carbocycles. The summed E-state index contributed by atoms with van der Waals surface area (Å²) >= 11 is 6.19. The highest BCUT2D eigenvalue weighted by molar-refractivity contribution is 6.31. The standard InChI is InChI=1S/C20H21ClO4/c1-12(2)25-18-8-14(7-16(21)10-18)13-3-5-17(6-4-13)24-11-15-9-19(15)20(22)23/h3-8,10,12,15,19H,9,11H2,1-2H3,(H,22,23)/t15-,19+/m0/s1. The van der Waals surface area contributed by atoms with Crippen molar-refractivity contribution in [2.45, 2.75) is 26.4 Å². The Kier molecular flexibility index (Phi) is 5.19. The summed E-state index contributed by atoms with van der Waals surface area (Å²) in [6.45, 7) is 4.39. The van der Waals surface area contributed by atoms with E-state index in [1.54, 1.807) is 6.07 Å². The Balaban J connectivity index is 1.66. The van der Waals surface area contributed by atoms with E-state index in [1.165, 1.54) is 0 Å². The fourth-order valence-electron chi connectivity index (χ4n) is 2.75. The summed E-state index contributed by atoms with van der Waals surface area (Å²) in [6.07, 6.45) is 0.785. The van der Waals surface area contributed by atoms with E-state index in [-0.39, 0.29) is 17.9 Å². The molecule has 2 atom stereocenters. The highest BCUT2D eigenvalue weighted by Gasteiger charge is 2.43. The van der Waals surface area contributed by atoms with Crippen LogP contribution in [0.5, 0.6) is 11.5 Å². The molecule has 1 fully saturated rings. The van der Waals surface area contributed by atoms with Gasteiger partial charge < -0.3 is 14.6 Å². The molecule has 0 amide bonds. The molecule has 0 saturated heterocycles. The van der Waals surface area contributed by atoms with Crippen molar-refractivity contribution < 1.29 is 19.4 Å². The van der Waals surface area contributed by atoms with Gasteiger partial charge in [-0.3, -0.25) is 4.79 Å². The lowest BCUT2D eigenvalue weighted by atomic mass is 10.1. The van der Waals surface area contributed by atoms with Gasteiger partial charge in [0.05, 0.1) is 18.6 Å². The second kappa shape index (κ2) is 7.36. The first-order valence-corrected chi connectivity index (χ1v) is 8.73. The SMILES string of the molecule is CC(C)Oc1cc(Cl)cc(-c2ccc(OC[C@@H]3C[C@H]3C(=O)O)cc2)c1. The highest BCUT2D eigenvalue weighted by atomic mass is 35.5. The van der Waals surface area contributed by atoms with Gasteiger partial charge in [-0.1, -0.05) is 23.7 Å². The van der Waals surface area contributed by atoms with Crippen LogP contribution in [0.3, 0.4) is 0 Å². The van der Waals surface area contributed by atoms with Crippen LogP contribution in [0.15, 0.2) is 42.5 Å². The van der Waals surface area contributed by atoms with Crippen molar-refractivity contribution in [3.63, 3.8) is 0 Å². The number of carbonyl (C=O) groups is 1. The van der Waals surface area contributed by atoms with Gasteiger partial charge in [0.1, 0.15) is 11.5 Å². The normalized spacial score (nSPS) is 18.9. The molecule has 0 bridgehead atoms. The molecule has 4 nitrogen and oxygen atoms in total. The van der Waals surface area contributed by atoms with Crippen LogP contribution in [0.25, 0.3) is 11.1 Å². The molecule has 3 rings (SSSR count). The number of carboxylic acids is 1. The van der Waals surface area contributed by atoms with Gasteiger partial charge in [0, 0.05) is 10.9 Å². The zero-order chi connectivity index (χ0) is 18.0. The Morgan fingerprint density at radius 3 is 2.48 bits per heavy atom. The Bertz CT molecular complexity index is 755. The van der Waals surface area contributed by atoms with Crippen LogP contribution in [0.4, 0.5) is 0 Å². The molecule has 5 heteroatoms. The summed E-state index contributed by atoms with van der Waals surface area (Å²) in [5, 5.41) is 9.53. The van der Waals surface area contributed by atoms with Crippen LogP contribution < -0.4 is 9.47 Å². The zero-order valence-electron chi connectivity index (χ0n) is 14.2. The van der Waals surface area contributed by atoms with Gasteiger partial charge in [-0.25, -0.2) is 0 Å². The molecule has 1 N–H and O–H groups in total. The number of rotatable bonds is 7. The van der Waals surface area contributed by atoms with Crippen LogP contribution in [-0.2, 0) is 4.79 Å². The van der Waals surface area contributed by atoms with Crippen LogP contribution in [-0.4, -0.2) is 23.8 Å². The molecule has 0 radical (unpaired) electrons. The van der Waals surface area contributed by atoms with Gasteiger partial charge in [0.2, 0.25) is 0 Å². The fraction of sp³-hybridized carbons (Fsp3) is 0.350. The minimum Gasteiger partial charge on any atom is -0.493 e. The Morgan fingerprint density at radius 1 is 1.16 bits per heavy atom. The molecule has 1 aliphatic rings. The topological polar surface area (TPSA) is 55.8 Å². The minimum atomic E-state index is -0.732. The number of hydrogen-bond donors (Lipinski definition) is 1. The van der Waals surface area contributed by atoms with Crippen molar-refractivity contribution in [2.24, 2.45) is 11.8 Å². The summed E-state index contributed by atoms with van der Waals surface area (Å²) in [7, 11) is 0. The molecule has 25 heavy (non-hydrogen) atoms. The van der Waals surface area contributed by atoms with E-state index >= 15 is 0 Å². The molecule has 0 aliphatic heterocycles. The third kappa shape index (κ3) is 4.67. The molecule has 0 heterocycles. The number of benzene rings is 2. The van der Waals surface area contributed by atoms with Crippen molar-refractivity contribution in [3.8, 4) is 22.6 Å². The number of hydrogen-bond acceptors (Lipinski definition) is 3. The summed E-state index contributed by atoms with van der Waals surface area (Å²) < 4.78 is 11.4. The molecular weight excluding hydrogens is 340 g/mol. The predicted molar refractivity (Wildman–Crippen MR) is 97.4 cm³/mol. The van der Waals surface area contributed by atoms with Gasteiger partial charge in [-0.2, -0.15) is 0 Å². The summed E-state index contributed by atoms with van der Waals surface area (Å²) in [5.74, 6) is 0.627. The summed E-state index contributed by atoms with van der Waals surface area (Å²) in [5.41, 5.74) is 1.99. The maximum Gasteiger partial charge on any atom is 0.306 e. The average Bonchev–Trinajstić information content (AvgIpc) is 3.32. The molecule has 132 valence electrons. The van der Waals surface area contributed by atoms with Crippen LogP contribution >= 0.6 is 11.6 Å². The third-order valence-corrected chi connectivity index (χ3v) is 4.35. The van der Waals surface area contributed by atoms with E-state index < -0.39 is 5.97 Å². The van der Waals surface area contributed by atoms with Crippen LogP contribution in [0.1, 0.15) is 20.3 Å². The van der Waals surface area contributed by atoms with Crippen molar-refractivity contribution in [2.75, 3.05) is 6.61 Å². The lowest BCUT2D eigenvalue weighted by Crippen LogP contribution is -2.06. The largest absolute Gasteiger partial charge is 0.493 e. The first kappa shape index (κ1) is 17.6. The summed E-state index contributed by atoms with van der Waals surface area (Å²) in [4.78, 5) is 10.8. The zero-order valence-corrected chi connectivity index (χ0v) is 15.0. The number of ether oxygens (including phenoxy) is 2. The fourth-order valence-corrected chi connectivity index (χ4v) is 2.98. The molecule has 0 spiro atoms.